The number of carbonyl (C=O) groups is 1. The second-order valence-corrected chi connectivity index (χ2v) is 9.77. The maximum Gasteiger partial charge on any atom is 0.343 e. The number of esters is 1. The number of aryl methyl sites for hydroxylation is 1. The minimum atomic E-state index is -0.644. The molecule has 0 fully saturated rings. The lowest BCUT2D eigenvalue weighted by Gasteiger charge is -2.27. The average molecular weight is 579 g/mol. The highest BCUT2D eigenvalue weighted by Gasteiger charge is 2.31. The molecule has 5 rings (SSSR count). The molecular formula is C34H30N2O7. The molecule has 0 amide bonds. The van der Waals surface area contributed by atoms with Crippen molar-refractivity contribution >= 4 is 5.97 Å². The summed E-state index contributed by atoms with van der Waals surface area (Å²) in [6, 6.07) is 25.8. The van der Waals surface area contributed by atoms with Gasteiger partial charge in [-0.05, 0) is 48.4 Å². The molecule has 0 aromatic heterocycles. The van der Waals surface area contributed by atoms with E-state index in [1.807, 2.05) is 55.5 Å². The number of benzene rings is 4. The summed E-state index contributed by atoms with van der Waals surface area (Å²) >= 11 is 0. The van der Waals surface area contributed by atoms with Crippen molar-refractivity contribution in [3.63, 3.8) is 0 Å². The third kappa shape index (κ3) is 6.04. The lowest BCUT2D eigenvalue weighted by atomic mass is 9.83. The lowest BCUT2D eigenvalue weighted by molar-refractivity contribution is 0.0733. The molecule has 0 saturated carbocycles. The molecule has 9 heteroatoms. The highest BCUT2D eigenvalue weighted by Crippen LogP contribution is 2.44. The maximum atomic E-state index is 13.1. The molecule has 1 unspecified atom stereocenters. The van der Waals surface area contributed by atoms with Crippen LogP contribution in [-0.4, -0.2) is 27.3 Å². The minimum Gasteiger partial charge on any atom is -0.493 e. The number of hydrogen-bond donors (Lipinski definition) is 1. The third-order valence-corrected chi connectivity index (χ3v) is 7.04. The normalized spacial score (nSPS) is 13.7. The van der Waals surface area contributed by atoms with Gasteiger partial charge in [0.1, 0.15) is 35.5 Å². The van der Waals surface area contributed by atoms with E-state index in [0.717, 1.165) is 11.1 Å². The Hall–Kier alpha value is -5.62. The van der Waals surface area contributed by atoms with Gasteiger partial charge in [-0.25, -0.2) is 4.79 Å². The number of carbonyl (C=O) groups excluding carboxylic acids is 1. The summed E-state index contributed by atoms with van der Waals surface area (Å²) in [4.78, 5) is 13.1. The second kappa shape index (κ2) is 12.5. The Morgan fingerprint density at radius 3 is 2.14 bits per heavy atom. The van der Waals surface area contributed by atoms with E-state index in [0.29, 0.717) is 40.9 Å². The predicted octanol–water partition coefficient (Wildman–Crippen LogP) is 6.04. The first-order valence-electron chi connectivity index (χ1n) is 13.4. The van der Waals surface area contributed by atoms with Gasteiger partial charge in [0.15, 0.2) is 11.5 Å². The van der Waals surface area contributed by atoms with Gasteiger partial charge in [0, 0.05) is 11.6 Å². The van der Waals surface area contributed by atoms with Crippen LogP contribution in [0.2, 0.25) is 0 Å². The number of methoxy groups -OCH3 is 3. The molecule has 1 aliphatic rings. The number of hydrogen-bond acceptors (Lipinski definition) is 9. The van der Waals surface area contributed by atoms with Crippen LogP contribution in [0.4, 0.5) is 0 Å². The van der Waals surface area contributed by atoms with Gasteiger partial charge in [-0.3, -0.25) is 0 Å². The van der Waals surface area contributed by atoms with E-state index in [-0.39, 0.29) is 22.8 Å². The molecule has 43 heavy (non-hydrogen) atoms. The fourth-order valence-electron chi connectivity index (χ4n) is 4.81. The molecule has 9 nitrogen and oxygen atoms in total. The van der Waals surface area contributed by atoms with Crippen molar-refractivity contribution in [3.8, 4) is 40.6 Å². The third-order valence-electron chi connectivity index (χ3n) is 7.04. The Bertz CT molecular complexity index is 1700. The Morgan fingerprint density at radius 2 is 1.53 bits per heavy atom. The number of nitrogens with two attached hydrogens (primary N) is 1. The van der Waals surface area contributed by atoms with Crippen molar-refractivity contribution in [1.29, 1.82) is 5.26 Å². The summed E-state index contributed by atoms with van der Waals surface area (Å²) in [6.07, 6.45) is 0. The van der Waals surface area contributed by atoms with Gasteiger partial charge in [0.2, 0.25) is 11.6 Å². The molecule has 4 aromatic rings. The van der Waals surface area contributed by atoms with Gasteiger partial charge in [0.25, 0.3) is 0 Å². The smallest absolute Gasteiger partial charge is 0.343 e. The van der Waals surface area contributed by atoms with Gasteiger partial charge in [-0.15, -0.1) is 0 Å². The van der Waals surface area contributed by atoms with E-state index < -0.39 is 11.9 Å². The van der Waals surface area contributed by atoms with Crippen LogP contribution in [-0.2, 0) is 6.61 Å². The number of allylic oxidation sites excluding steroid dienone is 1. The molecule has 0 spiro atoms. The zero-order chi connectivity index (χ0) is 30.5. The van der Waals surface area contributed by atoms with Crippen LogP contribution in [0.3, 0.4) is 0 Å². The molecule has 4 aromatic carbocycles. The monoisotopic (exact) mass is 578 g/mol. The Morgan fingerprint density at radius 1 is 0.884 bits per heavy atom. The zero-order valence-corrected chi connectivity index (χ0v) is 24.2. The summed E-state index contributed by atoms with van der Waals surface area (Å²) in [5.74, 6) is 1.14. The molecule has 1 aliphatic heterocycles. The summed E-state index contributed by atoms with van der Waals surface area (Å²) < 4.78 is 33.4. The first-order chi connectivity index (χ1) is 20.8. The molecule has 0 aliphatic carbocycles. The summed E-state index contributed by atoms with van der Waals surface area (Å²) in [6.45, 7) is 2.48. The van der Waals surface area contributed by atoms with Crippen LogP contribution < -0.4 is 34.2 Å². The van der Waals surface area contributed by atoms with Crippen molar-refractivity contribution in [3.05, 3.63) is 118 Å². The van der Waals surface area contributed by atoms with Crippen LogP contribution >= 0.6 is 0 Å². The first-order valence-corrected chi connectivity index (χ1v) is 13.4. The molecule has 2 N–H and O–H groups in total. The highest BCUT2D eigenvalue weighted by atomic mass is 16.5. The van der Waals surface area contributed by atoms with Crippen LogP contribution in [0.5, 0.6) is 34.5 Å². The minimum absolute atomic E-state index is 0.0206. The quantitative estimate of drug-likeness (QED) is 0.187. The molecule has 1 heterocycles. The van der Waals surface area contributed by atoms with E-state index in [1.54, 1.807) is 18.2 Å². The maximum absolute atomic E-state index is 13.1. The van der Waals surface area contributed by atoms with Gasteiger partial charge < -0.3 is 34.2 Å². The Balaban J connectivity index is 1.38. The van der Waals surface area contributed by atoms with Gasteiger partial charge in [0.05, 0.1) is 32.8 Å². The number of nitrogens with zero attached hydrogens (tertiary/aromatic N) is 1. The fraction of sp³-hybridized carbons (Fsp3) is 0.176. The summed E-state index contributed by atoms with van der Waals surface area (Å²) in [5, 5.41) is 9.93. The van der Waals surface area contributed by atoms with Crippen molar-refractivity contribution < 1.29 is 33.2 Å². The second-order valence-electron chi connectivity index (χ2n) is 9.77. The van der Waals surface area contributed by atoms with Crippen LogP contribution in [0.1, 0.15) is 38.5 Å². The van der Waals surface area contributed by atoms with Crippen LogP contribution in [0.15, 0.2) is 90.3 Å². The van der Waals surface area contributed by atoms with Crippen LogP contribution in [0, 0.1) is 18.3 Å². The molecular weight excluding hydrogens is 548 g/mol. The van der Waals surface area contributed by atoms with Gasteiger partial charge in [-0.2, -0.15) is 5.26 Å². The van der Waals surface area contributed by atoms with Crippen molar-refractivity contribution in [1.82, 2.24) is 0 Å². The van der Waals surface area contributed by atoms with Gasteiger partial charge in [-0.1, -0.05) is 48.0 Å². The number of rotatable bonds is 9. The zero-order valence-electron chi connectivity index (χ0n) is 24.2. The van der Waals surface area contributed by atoms with Crippen molar-refractivity contribution in [2.75, 3.05) is 21.3 Å². The molecule has 0 bridgehead atoms. The molecule has 0 saturated heterocycles. The van der Waals surface area contributed by atoms with E-state index in [2.05, 4.69) is 6.07 Å². The first kappa shape index (κ1) is 28.9. The van der Waals surface area contributed by atoms with E-state index in [4.69, 9.17) is 34.2 Å². The SMILES string of the molecule is COc1cc(C(=O)Oc2ccc3c(c2)OC(N)=C(C#N)C3c2ccc(OCc3ccc(C)cc3)cc2)cc(OC)c1OC. The Labute approximate surface area is 249 Å². The molecule has 0 radical (unpaired) electrons. The highest BCUT2D eigenvalue weighted by molar-refractivity contribution is 5.92. The fourth-order valence-corrected chi connectivity index (χ4v) is 4.81. The van der Waals surface area contributed by atoms with Gasteiger partial charge >= 0.3 is 5.97 Å². The van der Waals surface area contributed by atoms with E-state index in [9.17, 15) is 10.1 Å². The number of nitriles is 1. The standard InChI is InChI=1S/C34H30N2O7/c1-20-5-7-21(8-6-20)19-41-24-11-9-22(10-12-24)31-26-14-13-25(17-28(26)43-33(36)27(31)18-35)42-34(37)23-15-29(38-2)32(40-4)30(16-23)39-3/h5-17,31H,19,36H2,1-4H3. The number of ether oxygens (including phenoxy) is 6. The summed E-state index contributed by atoms with van der Waals surface area (Å²) in [5.41, 5.74) is 10.4. The number of fused-ring (bicyclic) bond motifs is 1. The lowest BCUT2D eigenvalue weighted by Crippen LogP contribution is -2.21. The molecule has 1 atom stereocenters. The van der Waals surface area contributed by atoms with E-state index >= 15 is 0 Å². The average Bonchev–Trinajstić information content (AvgIpc) is 3.03. The van der Waals surface area contributed by atoms with Crippen molar-refractivity contribution in [2.24, 2.45) is 5.73 Å². The summed E-state index contributed by atoms with van der Waals surface area (Å²) in [7, 11) is 4.40. The van der Waals surface area contributed by atoms with E-state index in [1.165, 1.54) is 39.0 Å². The predicted molar refractivity (Wildman–Crippen MR) is 159 cm³/mol. The van der Waals surface area contributed by atoms with Crippen molar-refractivity contribution in [2.45, 2.75) is 19.4 Å². The largest absolute Gasteiger partial charge is 0.493 e. The topological polar surface area (TPSA) is 122 Å². The Kier molecular flexibility index (Phi) is 8.39. The van der Waals surface area contributed by atoms with Crippen LogP contribution in [0.25, 0.3) is 0 Å². The molecule has 218 valence electrons.